The van der Waals surface area contributed by atoms with E-state index >= 15 is 0 Å². The standard InChI is InChI=1S/C14H28N2/c1-10(2)7-11(8-15)9-16-14(12-3-4-12)13-5-6-13/h10-14,16H,3-9,15H2,1-2H3. The average Bonchev–Trinajstić information content (AvgIpc) is 3.09. The molecular weight excluding hydrogens is 196 g/mol. The molecule has 3 N–H and O–H groups in total. The molecule has 2 fully saturated rings. The van der Waals surface area contributed by atoms with E-state index < -0.39 is 0 Å². The Hall–Kier alpha value is -0.0800. The molecule has 2 heteroatoms. The van der Waals surface area contributed by atoms with Gasteiger partial charge in [-0.2, -0.15) is 0 Å². The van der Waals surface area contributed by atoms with Crippen LogP contribution in [0.5, 0.6) is 0 Å². The molecule has 2 nitrogen and oxygen atoms in total. The minimum Gasteiger partial charge on any atom is -0.330 e. The van der Waals surface area contributed by atoms with Crippen LogP contribution in [-0.4, -0.2) is 19.1 Å². The highest BCUT2D eigenvalue weighted by atomic mass is 15.0. The van der Waals surface area contributed by atoms with E-state index in [1.165, 1.54) is 32.1 Å². The Morgan fingerprint density at radius 3 is 2.06 bits per heavy atom. The molecule has 0 aromatic heterocycles. The first-order chi connectivity index (χ1) is 7.70. The van der Waals surface area contributed by atoms with Crippen LogP contribution in [0.4, 0.5) is 0 Å². The quantitative estimate of drug-likeness (QED) is 0.664. The van der Waals surface area contributed by atoms with Crippen molar-refractivity contribution >= 4 is 0 Å². The summed E-state index contributed by atoms with van der Waals surface area (Å²) in [5.74, 6) is 3.46. The Morgan fingerprint density at radius 2 is 1.69 bits per heavy atom. The Labute approximate surface area is 100 Å². The van der Waals surface area contributed by atoms with E-state index in [2.05, 4.69) is 19.2 Å². The lowest BCUT2D eigenvalue weighted by atomic mass is 9.96. The van der Waals surface area contributed by atoms with Crippen LogP contribution in [0.3, 0.4) is 0 Å². The fourth-order valence-corrected chi connectivity index (χ4v) is 2.86. The van der Waals surface area contributed by atoms with Gasteiger partial charge in [-0.05, 0) is 68.9 Å². The van der Waals surface area contributed by atoms with E-state index in [-0.39, 0.29) is 0 Å². The second-order valence-electron chi connectivity index (χ2n) is 6.34. The molecule has 1 unspecified atom stereocenters. The summed E-state index contributed by atoms with van der Waals surface area (Å²) in [6.07, 6.45) is 7.13. The Balaban J connectivity index is 1.70. The normalized spacial score (nSPS) is 23.1. The molecule has 1 atom stereocenters. The predicted molar refractivity (Wildman–Crippen MR) is 69.2 cm³/mol. The van der Waals surface area contributed by atoms with E-state index in [0.717, 1.165) is 36.9 Å². The lowest BCUT2D eigenvalue weighted by Gasteiger charge is -2.23. The summed E-state index contributed by atoms with van der Waals surface area (Å²) in [5.41, 5.74) is 5.85. The number of nitrogens with two attached hydrogens (primary N) is 1. The van der Waals surface area contributed by atoms with E-state index in [9.17, 15) is 0 Å². The molecule has 0 aromatic rings. The van der Waals surface area contributed by atoms with Crippen molar-refractivity contribution in [1.29, 1.82) is 0 Å². The minimum absolute atomic E-state index is 0.681. The van der Waals surface area contributed by atoms with E-state index in [1.54, 1.807) is 0 Å². The molecule has 2 rings (SSSR count). The van der Waals surface area contributed by atoms with Crippen LogP contribution in [0.25, 0.3) is 0 Å². The summed E-state index contributed by atoms with van der Waals surface area (Å²) in [6.45, 7) is 6.57. The van der Waals surface area contributed by atoms with E-state index in [1.807, 2.05) is 0 Å². The maximum Gasteiger partial charge on any atom is 0.0124 e. The first-order valence-corrected chi connectivity index (χ1v) is 7.14. The topological polar surface area (TPSA) is 38.0 Å². The molecule has 94 valence electrons. The summed E-state index contributed by atoms with van der Waals surface area (Å²) < 4.78 is 0. The fourth-order valence-electron chi connectivity index (χ4n) is 2.86. The monoisotopic (exact) mass is 224 g/mol. The number of rotatable bonds is 8. The molecule has 0 amide bonds. The maximum atomic E-state index is 5.85. The van der Waals surface area contributed by atoms with Gasteiger partial charge in [0.25, 0.3) is 0 Å². The van der Waals surface area contributed by atoms with Gasteiger partial charge in [0.2, 0.25) is 0 Å². The van der Waals surface area contributed by atoms with Crippen molar-refractivity contribution in [2.75, 3.05) is 13.1 Å². The molecular formula is C14H28N2. The number of nitrogens with one attached hydrogen (secondary N) is 1. The number of hydrogen-bond acceptors (Lipinski definition) is 2. The van der Waals surface area contributed by atoms with Gasteiger partial charge >= 0.3 is 0 Å². The zero-order valence-electron chi connectivity index (χ0n) is 10.9. The molecule has 0 saturated heterocycles. The fraction of sp³-hybridized carbons (Fsp3) is 1.00. The van der Waals surface area contributed by atoms with Gasteiger partial charge in [0.05, 0.1) is 0 Å². The molecule has 0 aliphatic heterocycles. The summed E-state index contributed by atoms with van der Waals surface area (Å²) in [6, 6.07) is 0.834. The predicted octanol–water partition coefficient (Wildman–Crippen LogP) is 2.39. The Bertz CT molecular complexity index is 195. The van der Waals surface area contributed by atoms with Crippen LogP contribution in [0.15, 0.2) is 0 Å². The van der Waals surface area contributed by atoms with Crippen molar-refractivity contribution in [3.63, 3.8) is 0 Å². The third-order valence-corrected chi connectivity index (χ3v) is 4.04. The Morgan fingerprint density at radius 1 is 1.12 bits per heavy atom. The molecule has 0 bridgehead atoms. The van der Waals surface area contributed by atoms with Gasteiger partial charge in [-0.25, -0.2) is 0 Å². The van der Waals surface area contributed by atoms with E-state index in [4.69, 9.17) is 5.73 Å². The zero-order chi connectivity index (χ0) is 11.5. The first kappa shape index (κ1) is 12.4. The van der Waals surface area contributed by atoms with Crippen molar-refractivity contribution in [2.24, 2.45) is 29.4 Å². The highest BCUT2D eigenvalue weighted by Crippen LogP contribution is 2.44. The van der Waals surface area contributed by atoms with Gasteiger partial charge in [-0.1, -0.05) is 13.8 Å². The van der Waals surface area contributed by atoms with Gasteiger partial charge in [0, 0.05) is 6.04 Å². The summed E-state index contributed by atoms with van der Waals surface area (Å²) in [4.78, 5) is 0. The van der Waals surface area contributed by atoms with Gasteiger partial charge < -0.3 is 11.1 Å². The van der Waals surface area contributed by atoms with Crippen LogP contribution in [-0.2, 0) is 0 Å². The molecule has 16 heavy (non-hydrogen) atoms. The number of hydrogen-bond donors (Lipinski definition) is 2. The SMILES string of the molecule is CC(C)CC(CN)CNC(C1CC1)C1CC1. The summed E-state index contributed by atoms with van der Waals surface area (Å²) in [5, 5.41) is 3.82. The Kier molecular flexibility index (Phi) is 4.26. The van der Waals surface area contributed by atoms with Crippen molar-refractivity contribution in [3.05, 3.63) is 0 Å². The lowest BCUT2D eigenvalue weighted by Crippen LogP contribution is -2.39. The molecule has 0 heterocycles. The van der Waals surface area contributed by atoms with Crippen molar-refractivity contribution in [1.82, 2.24) is 5.32 Å². The van der Waals surface area contributed by atoms with Gasteiger partial charge in [-0.3, -0.25) is 0 Å². The summed E-state index contributed by atoms with van der Waals surface area (Å²) in [7, 11) is 0. The lowest BCUT2D eigenvalue weighted by molar-refractivity contribution is 0.340. The first-order valence-electron chi connectivity index (χ1n) is 7.14. The van der Waals surface area contributed by atoms with Gasteiger partial charge in [0.1, 0.15) is 0 Å². The van der Waals surface area contributed by atoms with Crippen LogP contribution >= 0.6 is 0 Å². The molecule has 0 aromatic carbocycles. The summed E-state index contributed by atoms with van der Waals surface area (Å²) >= 11 is 0. The molecule has 2 saturated carbocycles. The third kappa shape index (κ3) is 3.74. The van der Waals surface area contributed by atoms with Crippen molar-refractivity contribution in [3.8, 4) is 0 Å². The van der Waals surface area contributed by atoms with Crippen LogP contribution < -0.4 is 11.1 Å². The zero-order valence-corrected chi connectivity index (χ0v) is 10.9. The van der Waals surface area contributed by atoms with E-state index in [0.29, 0.717) is 5.92 Å². The second-order valence-corrected chi connectivity index (χ2v) is 6.34. The van der Waals surface area contributed by atoms with Crippen LogP contribution in [0.2, 0.25) is 0 Å². The highest BCUT2D eigenvalue weighted by molar-refractivity contribution is 4.96. The van der Waals surface area contributed by atoms with Gasteiger partial charge in [-0.15, -0.1) is 0 Å². The van der Waals surface area contributed by atoms with Gasteiger partial charge in [0.15, 0.2) is 0 Å². The van der Waals surface area contributed by atoms with Crippen LogP contribution in [0, 0.1) is 23.7 Å². The minimum atomic E-state index is 0.681. The third-order valence-electron chi connectivity index (χ3n) is 4.04. The molecule has 0 radical (unpaired) electrons. The molecule has 2 aliphatic carbocycles. The van der Waals surface area contributed by atoms with Crippen molar-refractivity contribution in [2.45, 2.75) is 52.0 Å². The molecule has 2 aliphatic rings. The van der Waals surface area contributed by atoms with Crippen molar-refractivity contribution < 1.29 is 0 Å². The molecule has 0 spiro atoms. The second kappa shape index (κ2) is 5.50. The average molecular weight is 224 g/mol. The maximum absolute atomic E-state index is 5.85. The smallest absolute Gasteiger partial charge is 0.0124 e. The largest absolute Gasteiger partial charge is 0.330 e. The highest BCUT2D eigenvalue weighted by Gasteiger charge is 2.41. The van der Waals surface area contributed by atoms with Crippen LogP contribution in [0.1, 0.15) is 46.0 Å².